The third-order valence-corrected chi connectivity index (χ3v) is 5.96. The van der Waals surface area contributed by atoms with E-state index in [1.165, 1.54) is 6.42 Å². The maximum absolute atomic E-state index is 12.8. The van der Waals surface area contributed by atoms with Crippen molar-refractivity contribution in [3.05, 3.63) is 59.9 Å². The molecule has 29 heavy (non-hydrogen) atoms. The molecule has 2 aliphatic rings. The van der Waals surface area contributed by atoms with Gasteiger partial charge >= 0.3 is 0 Å². The van der Waals surface area contributed by atoms with Crippen LogP contribution in [0.1, 0.15) is 41.7 Å². The molecular weight excluding hydrogens is 366 g/mol. The summed E-state index contributed by atoms with van der Waals surface area (Å²) in [6, 6.07) is 12.9. The molecule has 1 aromatic heterocycles. The first-order chi connectivity index (χ1) is 14.1. The number of rotatable bonds is 5. The molecule has 1 aromatic carbocycles. The summed E-state index contributed by atoms with van der Waals surface area (Å²) < 4.78 is 6.10. The number of hydrogen-bond donors (Lipinski definition) is 2. The van der Waals surface area contributed by atoms with Gasteiger partial charge in [-0.15, -0.1) is 0 Å². The van der Waals surface area contributed by atoms with Crippen LogP contribution in [0.5, 0.6) is 5.75 Å². The van der Waals surface area contributed by atoms with Crippen LogP contribution in [-0.2, 0) is 0 Å². The number of nitrogens with one attached hydrogen (secondary N) is 1. The molecule has 1 saturated heterocycles. The van der Waals surface area contributed by atoms with E-state index in [0.717, 1.165) is 37.4 Å². The molecule has 154 valence electrons. The third-order valence-electron chi connectivity index (χ3n) is 5.96. The lowest BCUT2D eigenvalue weighted by Gasteiger charge is -2.37. The molecule has 4 atom stereocenters. The molecule has 2 fully saturated rings. The molecule has 4 rings (SSSR count). The number of aryl methyl sites for hydroxylation is 1. The number of para-hydroxylation sites is 1. The van der Waals surface area contributed by atoms with Crippen molar-refractivity contribution in [1.29, 1.82) is 0 Å². The first kappa shape index (κ1) is 19.9. The molecule has 2 aromatic rings. The highest BCUT2D eigenvalue weighted by Gasteiger charge is 2.47. The van der Waals surface area contributed by atoms with Gasteiger partial charge in [0.05, 0.1) is 17.6 Å². The second-order valence-electron chi connectivity index (χ2n) is 8.05. The lowest BCUT2D eigenvalue weighted by molar-refractivity contribution is 0.00146. The Morgan fingerprint density at radius 2 is 1.90 bits per heavy atom. The van der Waals surface area contributed by atoms with E-state index in [9.17, 15) is 9.90 Å². The predicted octanol–water partition coefficient (Wildman–Crippen LogP) is 2.56. The van der Waals surface area contributed by atoms with Crippen molar-refractivity contribution in [1.82, 2.24) is 15.2 Å². The summed E-state index contributed by atoms with van der Waals surface area (Å²) in [5.41, 5.74) is 1.41. The topological polar surface area (TPSA) is 74.7 Å². The highest BCUT2D eigenvalue weighted by Crippen LogP contribution is 2.31. The van der Waals surface area contributed by atoms with Crippen LogP contribution in [0.3, 0.4) is 0 Å². The summed E-state index contributed by atoms with van der Waals surface area (Å²) in [6.45, 7) is 3.78. The SMILES string of the molecule is Cc1ccc(C(=O)N[C@@H]2C[C@@H](Oc3ccccc3)[C@H](O)[C@H]2N2CCCCC2)cn1. The lowest BCUT2D eigenvalue weighted by Crippen LogP contribution is -2.54. The fourth-order valence-electron chi connectivity index (χ4n) is 4.46. The Kier molecular flexibility index (Phi) is 6.11. The summed E-state index contributed by atoms with van der Waals surface area (Å²) in [6.07, 6.45) is 4.62. The molecular formula is C23H29N3O3. The number of hydrogen-bond acceptors (Lipinski definition) is 5. The second-order valence-corrected chi connectivity index (χ2v) is 8.05. The fraction of sp³-hybridized carbons (Fsp3) is 0.478. The van der Waals surface area contributed by atoms with Crippen LogP contribution in [0.15, 0.2) is 48.7 Å². The van der Waals surface area contributed by atoms with Gasteiger partial charge in [0.2, 0.25) is 0 Å². The molecule has 0 radical (unpaired) electrons. The van der Waals surface area contributed by atoms with E-state index < -0.39 is 6.10 Å². The number of pyridine rings is 1. The number of aromatic nitrogens is 1. The van der Waals surface area contributed by atoms with Crippen LogP contribution in [0.2, 0.25) is 0 Å². The quantitative estimate of drug-likeness (QED) is 0.814. The Labute approximate surface area is 171 Å². The van der Waals surface area contributed by atoms with Gasteiger partial charge in [-0.3, -0.25) is 14.7 Å². The standard InChI is InChI=1S/C23H29N3O3/c1-16-10-11-17(15-24-16)23(28)25-19-14-20(29-18-8-4-2-5-9-18)22(27)21(19)26-12-6-3-7-13-26/h2,4-5,8-11,15,19-22,27H,3,6-7,12-14H2,1H3,(H,25,28)/t19-,20-,21+,22+/m1/s1. The molecule has 2 heterocycles. The maximum Gasteiger partial charge on any atom is 0.253 e. The van der Waals surface area contributed by atoms with E-state index in [0.29, 0.717) is 12.0 Å². The van der Waals surface area contributed by atoms with Crippen molar-refractivity contribution < 1.29 is 14.6 Å². The minimum Gasteiger partial charge on any atom is -0.488 e. The normalized spacial score (nSPS) is 27.5. The van der Waals surface area contributed by atoms with E-state index in [4.69, 9.17) is 4.74 Å². The highest BCUT2D eigenvalue weighted by molar-refractivity contribution is 5.94. The molecule has 1 aliphatic carbocycles. The van der Waals surface area contributed by atoms with E-state index >= 15 is 0 Å². The van der Waals surface area contributed by atoms with Crippen LogP contribution in [0, 0.1) is 6.92 Å². The fourth-order valence-corrected chi connectivity index (χ4v) is 4.46. The van der Waals surface area contributed by atoms with E-state index in [1.54, 1.807) is 12.3 Å². The Hall–Kier alpha value is -2.44. The Morgan fingerprint density at radius 1 is 1.14 bits per heavy atom. The molecule has 0 unspecified atom stereocenters. The molecule has 1 aliphatic heterocycles. The average Bonchev–Trinajstić information content (AvgIpc) is 3.04. The summed E-state index contributed by atoms with van der Waals surface area (Å²) in [5, 5.41) is 14.3. The number of aliphatic hydroxyl groups excluding tert-OH is 1. The number of piperidine rings is 1. The number of likely N-dealkylation sites (tertiary alicyclic amines) is 1. The number of benzene rings is 1. The van der Waals surface area contributed by atoms with Gasteiger partial charge in [0.25, 0.3) is 5.91 Å². The molecule has 2 N–H and O–H groups in total. The lowest BCUT2D eigenvalue weighted by atomic mass is 10.0. The molecule has 0 bridgehead atoms. The first-order valence-electron chi connectivity index (χ1n) is 10.5. The maximum atomic E-state index is 12.8. The largest absolute Gasteiger partial charge is 0.488 e. The number of ether oxygens (including phenoxy) is 1. The summed E-state index contributed by atoms with van der Waals surface area (Å²) in [4.78, 5) is 19.4. The second kappa shape index (κ2) is 8.93. The average molecular weight is 396 g/mol. The minimum atomic E-state index is -0.658. The van der Waals surface area contributed by atoms with E-state index in [2.05, 4.69) is 15.2 Å². The van der Waals surface area contributed by atoms with Gasteiger partial charge in [-0.1, -0.05) is 24.6 Å². The summed E-state index contributed by atoms with van der Waals surface area (Å²) >= 11 is 0. The zero-order chi connectivity index (χ0) is 20.2. The zero-order valence-corrected chi connectivity index (χ0v) is 16.8. The molecule has 1 amide bonds. The van der Waals surface area contributed by atoms with Crippen molar-refractivity contribution in [3.8, 4) is 5.75 Å². The van der Waals surface area contributed by atoms with Crippen molar-refractivity contribution in [2.45, 2.75) is 56.9 Å². The molecule has 1 saturated carbocycles. The van der Waals surface area contributed by atoms with Crippen LogP contribution in [0.4, 0.5) is 0 Å². The number of amides is 1. The van der Waals surface area contributed by atoms with E-state index in [1.807, 2.05) is 43.3 Å². The van der Waals surface area contributed by atoms with Gasteiger partial charge in [0.1, 0.15) is 18.0 Å². The van der Waals surface area contributed by atoms with Gasteiger partial charge < -0.3 is 15.2 Å². The van der Waals surface area contributed by atoms with Crippen LogP contribution in [0.25, 0.3) is 0 Å². The molecule has 6 nitrogen and oxygen atoms in total. The summed E-state index contributed by atoms with van der Waals surface area (Å²) in [5.74, 6) is 0.584. The van der Waals surface area contributed by atoms with Crippen LogP contribution in [-0.4, -0.2) is 58.3 Å². The molecule has 6 heteroatoms. The summed E-state index contributed by atoms with van der Waals surface area (Å²) in [7, 11) is 0. The first-order valence-corrected chi connectivity index (χ1v) is 10.5. The van der Waals surface area contributed by atoms with Gasteiger partial charge in [0.15, 0.2) is 0 Å². The monoisotopic (exact) mass is 395 g/mol. The van der Waals surface area contributed by atoms with Crippen molar-refractivity contribution in [2.75, 3.05) is 13.1 Å². The number of nitrogens with zero attached hydrogens (tertiary/aromatic N) is 2. The highest BCUT2D eigenvalue weighted by atomic mass is 16.5. The minimum absolute atomic E-state index is 0.147. The van der Waals surface area contributed by atoms with Crippen LogP contribution < -0.4 is 10.1 Å². The molecule has 0 spiro atoms. The zero-order valence-electron chi connectivity index (χ0n) is 16.8. The van der Waals surface area contributed by atoms with Crippen LogP contribution >= 0.6 is 0 Å². The number of aliphatic hydroxyl groups is 1. The number of carbonyl (C=O) groups excluding carboxylic acids is 1. The van der Waals surface area contributed by atoms with Crippen molar-refractivity contribution in [2.24, 2.45) is 0 Å². The van der Waals surface area contributed by atoms with Gasteiger partial charge in [0, 0.05) is 18.3 Å². The number of carbonyl (C=O) groups is 1. The third kappa shape index (κ3) is 4.60. The Morgan fingerprint density at radius 3 is 2.59 bits per heavy atom. The Balaban J connectivity index is 1.51. The predicted molar refractivity (Wildman–Crippen MR) is 111 cm³/mol. The van der Waals surface area contributed by atoms with Gasteiger partial charge in [-0.2, -0.15) is 0 Å². The van der Waals surface area contributed by atoms with Crippen molar-refractivity contribution >= 4 is 5.91 Å². The van der Waals surface area contributed by atoms with Crippen molar-refractivity contribution in [3.63, 3.8) is 0 Å². The van der Waals surface area contributed by atoms with Gasteiger partial charge in [-0.25, -0.2) is 0 Å². The van der Waals surface area contributed by atoms with Gasteiger partial charge in [-0.05, 0) is 57.1 Å². The Bertz CT molecular complexity index is 806. The van der Waals surface area contributed by atoms with E-state index in [-0.39, 0.29) is 24.1 Å². The smallest absolute Gasteiger partial charge is 0.253 e.